The number of primary sulfonamides is 1. The number of hydrogen-bond donors (Lipinski definition) is 1. The molecule has 1 aliphatic rings. The zero-order valence-corrected chi connectivity index (χ0v) is 16.0. The molecule has 0 radical (unpaired) electrons. The fourth-order valence-electron chi connectivity index (χ4n) is 3.11. The molecule has 0 fully saturated rings. The van der Waals surface area contributed by atoms with E-state index in [9.17, 15) is 16.8 Å². The van der Waals surface area contributed by atoms with Crippen LogP contribution in [0.15, 0.2) is 52.3 Å². The second-order valence-corrected chi connectivity index (χ2v) is 9.47. The number of fused-ring (bicyclic) bond motifs is 1. The molecule has 9 heteroatoms. The highest BCUT2D eigenvalue weighted by molar-refractivity contribution is 7.93. The SMILES string of the molecule is CCOc1ccc(S(=O)(=O)N2c3ccc(S(N)(=O)=O)cc3CC2C)cc1. The number of anilines is 1. The summed E-state index contributed by atoms with van der Waals surface area (Å²) >= 11 is 0. The van der Waals surface area contributed by atoms with Crippen molar-refractivity contribution >= 4 is 25.7 Å². The number of nitrogens with two attached hydrogens (primary N) is 1. The Morgan fingerprint density at radius 3 is 2.27 bits per heavy atom. The summed E-state index contributed by atoms with van der Waals surface area (Å²) in [5, 5.41) is 5.16. The lowest BCUT2D eigenvalue weighted by Gasteiger charge is -2.24. The van der Waals surface area contributed by atoms with E-state index in [1.54, 1.807) is 19.1 Å². The number of rotatable bonds is 5. The minimum absolute atomic E-state index is 0.0243. The topological polar surface area (TPSA) is 107 Å². The summed E-state index contributed by atoms with van der Waals surface area (Å²) in [5.74, 6) is 0.596. The average Bonchev–Trinajstić information content (AvgIpc) is 2.90. The van der Waals surface area contributed by atoms with Crippen LogP contribution < -0.4 is 14.2 Å². The van der Waals surface area contributed by atoms with Crippen molar-refractivity contribution in [2.24, 2.45) is 5.14 Å². The monoisotopic (exact) mass is 396 g/mol. The largest absolute Gasteiger partial charge is 0.494 e. The van der Waals surface area contributed by atoms with Gasteiger partial charge in [0.15, 0.2) is 0 Å². The van der Waals surface area contributed by atoms with E-state index < -0.39 is 20.0 Å². The number of ether oxygens (including phenoxy) is 1. The molecular weight excluding hydrogens is 376 g/mol. The summed E-state index contributed by atoms with van der Waals surface area (Å²) in [7, 11) is -7.62. The van der Waals surface area contributed by atoms with E-state index in [2.05, 4.69) is 0 Å². The molecule has 0 aromatic heterocycles. The molecule has 0 spiro atoms. The molecule has 26 heavy (non-hydrogen) atoms. The standard InChI is InChI=1S/C17H20N2O5S2/c1-3-24-14-4-6-15(7-5-14)26(22,23)19-12(2)10-13-11-16(25(18,20)21)8-9-17(13)19/h4-9,11-12H,3,10H2,1-2H3,(H2,18,20,21). The Kier molecular flexibility index (Phi) is 4.72. The van der Waals surface area contributed by atoms with Gasteiger partial charge in [0, 0.05) is 6.04 Å². The summed E-state index contributed by atoms with van der Waals surface area (Å²) < 4.78 is 55.9. The lowest BCUT2D eigenvalue weighted by Crippen LogP contribution is -2.35. The van der Waals surface area contributed by atoms with Gasteiger partial charge in [-0.15, -0.1) is 0 Å². The van der Waals surface area contributed by atoms with Crippen LogP contribution in [0.3, 0.4) is 0 Å². The van der Waals surface area contributed by atoms with Gasteiger partial charge in [-0.25, -0.2) is 22.0 Å². The molecule has 7 nitrogen and oxygen atoms in total. The molecule has 140 valence electrons. The molecule has 1 unspecified atom stereocenters. The molecule has 2 aromatic carbocycles. The Labute approximate surface area is 153 Å². The van der Waals surface area contributed by atoms with Gasteiger partial charge in [0.2, 0.25) is 10.0 Å². The van der Waals surface area contributed by atoms with Gasteiger partial charge in [-0.05, 0) is 68.3 Å². The first kappa shape index (κ1) is 18.7. The second-order valence-electron chi connectivity index (χ2n) is 6.09. The third-order valence-corrected chi connectivity index (χ3v) is 7.08. The Morgan fingerprint density at radius 2 is 1.69 bits per heavy atom. The first-order valence-electron chi connectivity index (χ1n) is 8.07. The molecule has 1 aliphatic heterocycles. The second kappa shape index (κ2) is 6.57. The maximum absolute atomic E-state index is 13.1. The summed E-state index contributed by atoms with van der Waals surface area (Å²) in [4.78, 5) is 0.125. The molecule has 2 aromatic rings. The minimum Gasteiger partial charge on any atom is -0.494 e. The quantitative estimate of drug-likeness (QED) is 0.830. The zero-order chi connectivity index (χ0) is 19.1. The van der Waals surface area contributed by atoms with Gasteiger partial charge in [0.05, 0.1) is 22.1 Å². The van der Waals surface area contributed by atoms with Crippen molar-refractivity contribution in [3.8, 4) is 5.75 Å². The number of benzene rings is 2. The van der Waals surface area contributed by atoms with Gasteiger partial charge in [0.25, 0.3) is 10.0 Å². The van der Waals surface area contributed by atoms with Gasteiger partial charge >= 0.3 is 0 Å². The third kappa shape index (κ3) is 3.29. The van der Waals surface area contributed by atoms with E-state index in [4.69, 9.17) is 9.88 Å². The molecule has 0 amide bonds. The van der Waals surface area contributed by atoms with E-state index in [0.717, 1.165) is 0 Å². The summed E-state index contributed by atoms with van der Waals surface area (Å²) in [6, 6.07) is 10.2. The Bertz CT molecular complexity index is 1030. The third-order valence-electron chi connectivity index (χ3n) is 4.22. The van der Waals surface area contributed by atoms with Crippen LogP contribution in [0.4, 0.5) is 5.69 Å². The van der Waals surface area contributed by atoms with Crippen LogP contribution in [0.25, 0.3) is 0 Å². The van der Waals surface area contributed by atoms with Crippen molar-refractivity contribution in [3.63, 3.8) is 0 Å². The van der Waals surface area contributed by atoms with Gasteiger partial charge in [-0.1, -0.05) is 0 Å². The Morgan fingerprint density at radius 1 is 1.08 bits per heavy atom. The van der Waals surface area contributed by atoms with Crippen molar-refractivity contribution in [3.05, 3.63) is 48.0 Å². The smallest absolute Gasteiger partial charge is 0.264 e. The molecule has 2 N–H and O–H groups in total. The van der Waals surface area contributed by atoms with Crippen LogP contribution in [0, 0.1) is 0 Å². The van der Waals surface area contributed by atoms with E-state index in [-0.39, 0.29) is 15.8 Å². The number of nitrogens with zero attached hydrogens (tertiary/aromatic N) is 1. The molecule has 0 saturated heterocycles. The van der Waals surface area contributed by atoms with Crippen LogP contribution in [-0.2, 0) is 26.5 Å². The number of hydrogen-bond acceptors (Lipinski definition) is 5. The maximum Gasteiger partial charge on any atom is 0.264 e. The maximum atomic E-state index is 13.1. The zero-order valence-electron chi connectivity index (χ0n) is 14.4. The van der Waals surface area contributed by atoms with E-state index >= 15 is 0 Å². The molecule has 0 saturated carbocycles. The normalized spacial score (nSPS) is 17.2. The van der Waals surface area contributed by atoms with E-state index in [1.807, 2.05) is 6.92 Å². The van der Waals surface area contributed by atoms with Crippen molar-refractivity contribution in [2.75, 3.05) is 10.9 Å². The summed E-state index contributed by atoms with van der Waals surface area (Å²) in [6.07, 6.45) is 0.412. The predicted molar refractivity (Wildman–Crippen MR) is 98.3 cm³/mol. The summed E-state index contributed by atoms with van der Waals surface area (Å²) in [6.45, 7) is 4.13. The first-order valence-corrected chi connectivity index (χ1v) is 11.1. The van der Waals surface area contributed by atoms with Gasteiger partial charge in [0.1, 0.15) is 5.75 Å². The highest BCUT2D eigenvalue weighted by Gasteiger charge is 2.36. The Balaban J connectivity index is 2.02. The van der Waals surface area contributed by atoms with Crippen molar-refractivity contribution in [2.45, 2.75) is 36.1 Å². The fraction of sp³-hybridized carbons (Fsp3) is 0.294. The van der Waals surface area contributed by atoms with Crippen LogP contribution in [0.1, 0.15) is 19.4 Å². The van der Waals surface area contributed by atoms with Crippen LogP contribution >= 0.6 is 0 Å². The highest BCUT2D eigenvalue weighted by Crippen LogP contribution is 2.38. The number of sulfonamides is 2. The highest BCUT2D eigenvalue weighted by atomic mass is 32.2. The molecule has 1 heterocycles. The fourth-order valence-corrected chi connectivity index (χ4v) is 5.37. The van der Waals surface area contributed by atoms with Crippen LogP contribution in [0.2, 0.25) is 0 Å². The minimum atomic E-state index is -3.84. The first-order chi connectivity index (χ1) is 12.1. The van der Waals surface area contributed by atoms with E-state index in [1.165, 1.54) is 34.6 Å². The lowest BCUT2D eigenvalue weighted by molar-refractivity contribution is 0.340. The predicted octanol–water partition coefficient (Wildman–Crippen LogP) is 1.87. The van der Waals surface area contributed by atoms with Crippen molar-refractivity contribution in [1.82, 2.24) is 0 Å². The van der Waals surface area contributed by atoms with Gasteiger partial charge in [-0.3, -0.25) is 4.31 Å². The molecule has 0 bridgehead atoms. The van der Waals surface area contributed by atoms with Crippen molar-refractivity contribution in [1.29, 1.82) is 0 Å². The van der Waals surface area contributed by atoms with Gasteiger partial charge in [-0.2, -0.15) is 0 Å². The molecule has 0 aliphatic carbocycles. The van der Waals surface area contributed by atoms with Crippen LogP contribution in [-0.4, -0.2) is 29.5 Å². The van der Waals surface area contributed by atoms with E-state index in [0.29, 0.717) is 30.0 Å². The molecule has 3 rings (SSSR count). The van der Waals surface area contributed by atoms with Gasteiger partial charge < -0.3 is 4.74 Å². The Hall–Kier alpha value is -2.10. The average molecular weight is 396 g/mol. The van der Waals surface area contributed by atoms with Crippen LogP contribution in [0.5, 0.6) is 5.75 Å². The van der Waals surface area contributed by atoms with Crippen molar-refractivity contribution < 1.29 is 21.6 Å². The summed E-state index contributed by atoms with van der Waals surface area (Å²) in [5.41, 5.74) is 1.11. The molecular formula is C17H20N2O5S2. The lowest BCUT2D eigenvalue weighted by atomic mass is 10.1. The molecule has 1 atom stereocenters.